The number of thioether (sulfide) groups is 1. The van der Waals surface area contributed by atoms with E-state index in [0.717, 1.165) is 6.42 Å². The fraction of sp³-hybridized carbons (Fsp3) is 0.409. The number of fused-ring (bicyclic) bond motifs is 1. The summed E-state index contributed by atoms with van der Waals surface area (Å²) in [7, 11) is 0. The van der Waals surface area contributed by atoms with Crippen LogP contribution in [0, 0.1) is 0 Å². The van der Waals surface area contributed by atoms with Gasteiger partial charge in [-0.2, -0.15) is 0 Å². The number of pyridine rings is 1. The van der Waals surface area contributed by atoms with Gasteiger partial charge in [0.25, 0.3) is 11.5 Å². The van der Waals surface area contributed by atoms with Gasteiger partial charge in [-0.15, -0.1) is 0 Å². The largest absolute Gasteiger partial charge is 0.450 e. The van der Waals surface area contributed by atoms with Crippen molar-refractivity contribution in [3.8, 4) is 0 Å². The summed E-state index contributed by atoms with van der Waals surface area (Å²) in [5.74, 6) is 0.304. The zero-order valence-corrected chi connectivity index (χ0v) is 20.2. The molecule has 4 rings (SSSR count). The first-order valence-electron chi connectivity index (χ1n) is 10.9. The average Bonchev–Trinajstić information content (AvgIpc) is 3.09. The van der Waals surface area contributed by atoms with Crippen molar-refractivity contribution in [3.05, 3.63) is 45.2 Å². The van der Waals surface area contributed by atoms with E-state index in [1.165, 1.54) is 16.2 Å². The van der Waals surface area contributed by atoms with Gasteiger partial charge in [0.05, 0.1) is 17.1 Å². The molecule has 0 unspecified atom stereocenters. The number of carbonyl (C=O) groups excluding carboxylic acids is 2. The number of piperazine rings is 1. The van der Waals surface area contributed by atoms with Gasteiger partial charge in [0.2, 0.25) is 0 Å². The van der Waals surface area contributed by atoms with Crippen molar-refractivity contribution in [3.63, 3.8) is 0 Å². The van der Waals surface area contributed by atoms with Gasteiger partial charge in [-0.05, 0) is 31.6 Å². The van der Waals surface area contributed by atoms with E-state index < -0.39 is 0 Å². The van der Waals surface area contributed by atoms with Crippen molar-refractivity contribution < 1.29 is 14.3 Å². The van der Waals surface area contributed by atoms with Crippen molar-refractivity contribution in [2.24, 2.45) is 0 Å². The molecule has 33 heavy (non-hydrogen) atoms. The third-order valence-electron chi connectivity index (χ3n) is 5.45. The minimum atomic E-state index is -0.344. The molecule has 2 aliphatic rings. The SMILES string of the molecule is CCCN1C(=O)/C(=C\c2c(N3CCN(C(=O)OCC)CC3)nc3ccccn3c2=O)SC1=S. The fourth-order valence-electron chi connectivity index (χ4n) is 3.82. The molecule has 0 radical (unpaired) electrons. The first kappa shape index (κ1) is 23.2. The lowest BCUT2D eigenvalue weighted by Crippen LogP contribution is -2.49. The highest BCUT2D eigenvalue weighted by molar-refractivity contribution is 8.26. The first-order chi connectivity index (χ1) is 15.9. The number of hydrogen-bond acceptors (Lipinski definition) is 8. The van der Waals surface area contributed by atoms with E-state index in [9.17, 15) is 14.4 Å². The molecule has 11 heteroatoms. The number of anilines is 1. The Hall–Kier alpha value is -2.92. The van der Waals surface area contributed by atoms with Gasteiger partial charge in [0.15, 0.2) is 0 Å². The summed E-state index contributed by atoms with van der Waals surface area (Å²) in [4.78, 5) is 48.7. The summed E-state index contributed by atoms with van der Waals surface area (Å²) < 4.78 is 7.06. The van der Waals surface area contributed by atoms with Crippen LogP contribution in [-0.2, 0) is 9.53 Å². The van der Waals surface area contributed by atoms with Crippen LogP contribution in [-0.4, -0.2) is 74.8 Å². The number of carbonyl (C=O) groups is 2. The van der Waals surface area contributed by atoms with E-state index in [0.29, 0.717) is 65.6 Å². The Morgan fingerprint density at radius 3 is 2.67 bits per heavy atom. The standard InChI is InChI=1S/C22H25N5O4S2/c1-3-8-27-20(29)16(33-22(27)32)14-15-18(23-17-7-5-6-9-26(17)19(15)28)24-10-12-25(13-11-24)21(30)31-4-2/h5-7,9,14H,3-4,8,10-13H2,1-2H3/b16-14+. The maximum atomic E-state index is 13.4. The molecule has 4 heterocycles. The highest BCUT2D eigenvalue weighted by Crippen LogP contribution is 2.33. The number of aromatic nitrogens is 2. The molecule has 2 saturated heterocycles. The van der Waals surface area contributed by atoms with E-state index in [4.69, 9.17) is 21.9 Å². The molecular formula is C22H25N5O4S2. The molecule has 2 fully saturated rings. The van der Waals surface area contributed by atoms with E-state index >= 15 is 0 Å². The van der Waals surface area contributed by atoms with E-state index in [1.54, 1.807) is 41.1 Å². The van der Waals surface area contributed by atoms with Crippen molar-refractivity contribution in [1.29, 1.82) is 0 Å². The van der Waals surface area contributed by atoms with Gasteiger partial charge in [-0.25, -0.2) is 9.78 Å². The fourth-order valence-corrected chi connectivity index (χ4v) is 5.11. The maximum Gasteiger partial charge on any atom is 0.409 e. The Morgan fingerprint density at radius 2 is 1.97 bits per heavy atom. The van der Waals surface area contributed by atoms with Gasteiger partial charge in [-0.3, -0.25) is 18.9 Å². The van der Waals surface area contributed by atoms with Crippen LogP contribution in [0.3, 0.4) is 0 Å². The second kappa shape index (κ2) is 9.92. The van der Waals surface area contributed by atoms with Gasteiger partial charge < -0.3 is 14.5 Å². The van der Waals surface area contributed by atoms with Crippen LogP contribution in [0.25, 0.3) is 11.7 Å². The Bertz CT molecular complexity index is 1190. The molecular weight excluding hydrogens is 462 g/mol. The van der Waals surface area contributed by atoms with Crippen LogP contribution < -0.4 is 10.5 Å². The van der Waals surface area contributed by atoms with Crippen molar-refractivity contribution in [1.82, 2.24) is 19.2 Å². The number of thiocarbonyl (C=S) groups is 1. The smallest absolute Gasteiger partial charge is 0.409 e. The summed E-state index contributed by atoms with van der Waals surface area (Å²) in [6.45, 7) is 6.51. The van der Waals surface area contributed by atoms with Crippen LogP contribution >= 0.6 is 24.0 Å². The zero-order chi connectivity index (χ0) is 23.5. The van der Waals surface area contributed by atoms with Crippen molar-refractivity contribution in [2.45, 2.75) is 20.3 Å². The van der Waals surface area contributed by atoms with Crippen LogP contribution in [0.2, 0.25) is 0 Å². The minimum Gasteiger partial charge on any atom is -0.450 e. The first-order valence-corrected chi connectivity index (χ1v) is 12.1. The lowest BCUT2D eigenvalue weighted by atomic mass is 10.2. The highest BCUT2D eigenvalue weighted by atomic mass is 32.2. The Labute approximate surface area is 201 Å². The van der Waals surface area contributed by atoms with E-state index in [2.05, 4.69) is 0 Å². The minimum absolute atomic E-state index is 0.192. The van der Waals surface area contributed by atoms with Crippen molar-refractivity contribution >= 4 is 57.8 Å². The number of hydrogen-bond donors (Lipinski definition) is 0. The molecule has 2 aromatic rings. The number of nitrogens with zero attached hydrogens (tertiary/aromatic N) is 5. The second-order valence-electron chi connectivity index (χ2n) is 7.59. The molecule has 9 nitrogen and oxygen atoms in total. The summed E-state index contributed by atoms with van der Waals surface area (Å²) in [6, 6.07) is 5.35. The summed E-state index contributed by atoms with van der Waals surface area (Å²) in [5.41, 5.74) is 0.588. The molecule has 0 atom stereocenters. The third kappa shape index (κ3) is 4.60. The van der Waals surface area contributed by atoms with Gasteiger partial charge in [-0.1, -0.05) is 37.0 Å². The second-order valence-corrected chi connectivity index (χ2v) is 9.27. The molecule has 0 spiro atoms. The molecule has 174 valence electrons. The predicted molar refractivity (Wildman–Crippen MR) is 132 cm³/mol. The third-order valence-corrected chi connectivity index (χ3v) is 6.83. The Kier molecular flexibility index (Phi) is 6.99. The molecule has 0 saturated carbocycles. The summed E-state index contributed by atoms with van der Waals surface area (Å²) in [6.07, 6.45) is 3.71. The monoisotopic (exact) mass is 487 g/mol. The van der Waals surface area contributed by atoms with Crippen LogP contribution in [0.5, 0.6) is 0 Å². The molecule has 0 aliphatic carbocycles. The number of rotatable bonds is 5. The molecule has 0 aromatic carbocycles. The lowest BCUT2D eigenvalue weighted by Gasteiger charge is -2.35. The molecule has 2 aromatic heterocycles. The van der Waals surface area contributed by atoms with Crippen LogP contribution in [0.4, 0.5) is 10.6 Å². The summed E-state index contributed by atoms with van der Waals surface area (Å²) >= 11 is 6.57. The maximum absolute atomic E-state index is 13.4. The molecule has 0 bridgehead atoms. The topological polar surface area (TPSA) is 87.5 Å². The van der Waals surface area contributed by atoms with Crippen molar-refractivity contribution in [2.75, 3.05) is 44.2 Å². The van der Waals surface area contributed by atoms with Crippen LogP contribution in [0.1, 0.15) is 25.8 Å². The molecule has 0 N–H and O–H groups in total. The van der Waals surface area contributed by atoms with E-state index in [-0.39, 0.29) is 17.6 Å². The molecule has 2 aliphatic heterocycles. The quantitative estimate of drug-likeness (QED) is 0.470. The molecule has 2 amide bonds. The lowest BCUT2D eigenvalue weighted by molar-refractivity contribution is -0.122. The van der Waals surface area contributed by atoms with Gasteiger partial charge in [0, 0.05) is 38.9 Å². The van der Waals surface area contributed by atoms with Gasteiger partial charge >= 0.3 is 6.09 Å². The number of amides is 2. The average molecular weight is 488 g/mol. The summed E-state index contributed by atoms with van der Waals surface area (Å²) in [5, 5.41) is 0. The normalized spacial score (nSPS) is 18.0. The zero-order valence-electron chi connectivity index (χ0n) is 18.5. The highest BCUT2D eigenvalue weighted by Gasteiger charge is 2.33. The van der Waals surface area contributed by atoms with Crippen LogP contribution in [0.15, 0.2) is 34.1 Å². The predicted octanol–water partition coefficient (Wildman–Crippen LogP) is 2.58. The number of ether oxygens (including phenoxy) is 1. The Balaban J connectivity index is 1.72. The Morgan fingerprint density at radius 1 is 1.21 bits per heavy atom. The van der Waals surface area contributed by atoms with E-state index in [1.807, 2.05) is 17.9 Å². The van der Waals surface area contributed by atoms with Gasteiger partial charge in [0.1, 0.15) is 15.8 Å².